The Morgan fingerprint density at radius 1 is 1.18 bits per heavy atom. The molecule has 2 aromatic rings. The molecule has 1 aliphatic rings. The summed E-state index contributed by atoms with van der Waals surface area (Å²) in [4.78, 5) is 9.19. The Hall–Kier alpha value is -1.43. The average molecular weight is 321 g/mol. The van der Waals surface area contributed by atoms with Gasteiger partial charge in [0.25, 0.3) is 0 Å². The fourth-order valence-corrected chi connectivity index (χ4v) is 2.92. The van der Waals surface area contributed by atoms with Crippen LogP contribution in [0.2, 0.25) is 5.02 Å². The van der Waals surface area contributed by atoms with Gasteiger partial charge >= 0.3 is 0 Å². The summed E-state index contributed by atoms with van der Waals surface area (Å²) in [5, 5.41) is 4.67. The summed E-state index contributed by atoms with van der Waals surface area (Å²) in [5.41, 5.74) is 1.30. The Kier molecular flexibility index (Phi) is 4.76. The zero-order valence-corrected chi connectivity index (χ0v) is 13.8. The minimum Gasteiger partial charge on any atom is -0.338 e. The van der Waals surface area contributed by atoms with Crippen molar-refractivity contribution in [3.63, 3.8) is 0 Å². The van der Waals surface area contributed by atoms with Gasteiger partial charge in [0.05, 0.1) is 6.04 Å². The quantitative estimate of drug-likeness (QED) is 0.866. The molecule has 5 nitrogen and oxygen atoms in total. The third kappa shape index (κ3) is 3.66. The average Bonchev–Trinajstić information content (AvgIpc) is 2.96. The molecule has 0 amide bonds. The number of nitrogens with zero attached hydrogens (tertiary/aromatic N) is 4. The number of hydrogen-bond donors (Lipinski definition) is 0. The molecular weight excluding hydrogens is 300 g/mol. The molecule has 0 spiro atoms. The van der Waals surface area contributed by atoms with E-state index in [1.54, 1.807) is 0 Å². The highest BCUT2D eigenvalue weighted by molar-refractivity contribution is 6.30. The second-order valence-electron chi connectivity index (χ2n) is 5.79. The highest BCUT2D eigenvalue weighted by Crippen LogP contribution is 2.21. The summed E-state index contributed by atoms with van der Waals surface area (Å²) in [6, 6.07) is 8.27. The second kappa shape index (κ2) is 6.77. The molecule has 1 saturated heterocycles. The van der Waals surface area contributed by atoms with Gasteiger partial charge in [-0.2, -0.15) is 4.98 Å². The van der Waals surface area contributed by atoms with E-state index in [0.29, 0.717) is 11.7 Å². The molecule has 0 saturated carbocycles. The Bertz CT molecular complexity index is 605. The molecule has 1 atom stereocenters. The van der Waals surface area contributed by atoms with Crippen molar-refractivity contribution in [3.8, 4) is 0 Å². The van der Waals surface area contributed by atoms with Crippen molar-refractivity contribution < 1.29 is 4.52 Å². The molecule has 1 unspecified atom stereocenters. The number of aromatic nitrogens is 2. The first kappa shape index (κ1) is 15.5. The van der Waals surface area contributed by atoms with Crippen molar-refractivity contribution >= 4 is 11.6 Å². The van der Waals surface area contributed by atoms with Gasteiger partial charge in [0.15, 0.2) is 5.82 Å². The van der Waals surface area contributed by atoms with Crippen LogP contribution in [-0.4, -0.2) is 46.1 Å². The summed E-state index contributed by atoms with van der Waals surface area (Å²) >= 11 is 5.93. The number of benzene rings is 1. The molecular formula is C16H21ClN4O. The SMILES string of the molecule is Cc1noc(C(C)N2CCN(Cc3ccc(Cl)cc3)CC2)n1. The van der Waals surface area contributed by atoms with Gasteiger partial charge < -0.3 is 4.52 Å². The van der Waals surface area contributed by atoms with Gasteiger partial charge in [-0.15, -0.1) is 0 Å². The Balaban J connectivity index is 1.52. The molecule has 2 heterocycles. The fraction of sp³-hybridized carbons (Fsp3) is 0.500. The molecule has 1 aliphatic heterocycles. The van der Waals surface area contributed by atoms with Crippen molar-refractivity contribution in [2.75, 3.05) is 26.2 Å². The minimum absolute atomic E-state index is 0.180. The summed E-state index contributed by atoms with van der Waals surface area (Å²) < 4.78 is 5.28. The summed E-state index contributed by atoms with van der Waals surface area (Å²) in [6.07, 6.45) is 0. The molecule has 3 rings (SSSR count). The standard InChI is InChI=1S/C16H21ClN4O/c1-12(16-18-13(2)19-22-16)21-9-7-20(8-10-21)11-14-3-5-15(17)6-4-14/h3-6,12H,7-11H2,1-2H3. The zero-order valence-electron chi connectivity index (χ0n) is 13.0. The summed E-state index contributed by atoms with van der Waals surface area (Å²) in [7, 11) is 0. The van der Waals surface area contributed by atoms with Gasteiger partial charge in [-0.3, -0.25) is 9.80 Å². The molecule has 1 aromatic heterocycles. The predicted octanol–water partition coefficient (Wildman–Crippen LogP) is 2.91. The van der Waals surface area contributed by atoms with Crippen molar-refractivity contribution in [3.05, 3.63) is 46.6 Å². The van der Waals surface area contributed by atoms with E-state index in [2.05, 4.69) is 39.0 Å². The lowest BCUT2D eigenvalue weighted by molar-refractivity contribution is 0.0845. The first-order chi connectivity index (χ1) is 10.6. The molecule has 118 valence electrons. The Morgan fingerprint density at radius 2 is 1.86 bits per heavy atom. The lowest BCUT2D eigenvalue weighted by atomic mass is 10.2. The van der Waals surface area contributed by atoms with Gasteiger partial charge in [-0.1, -0.05) is 28.9 Å². The number of piperazine rings is 1. The van der Waals surface area contributed by atoms with E-state index >= 15 is 0 Å². The molecule has 22 heavy (non-hydrogen) atoms. The highest BCUT2D eigenvalue weighted by Gasteiger charge is 2.25. The minimum atomic E-state index is 0.180. The van der Waals surface area contributed by atoms with Gasteiger partial charge in [0.1, 0.15) is 0 Å². The molecule has 1 aromatic carbocycles. The monoisotopic (exact) mass is 320 g/mol. The van der Waals surface area contributed by atoms with Crippen LogP contribution in [0, 0.1) is 6.92 Å². The van der Waals surface area contributed by atoms with Crippen LogP contribution in [0.5, 0.6) is 0 Å². The van der Waals surface area contributed by atoms with E-state index < -0.39 is 0 Å². The summed E-state index contributed by atoms with van der Waals surface area (Å²) in [5.74, 6) is 1.41. The van der Waals surface area contributed by atoms with E-state index in [1.165, 1.54) is 5.56 Å². The van der Waals surface area contributed by atoms with Crippen molar-refractivity contribution in [2.24, 2.45) is 0 Å². The van der Waals surface area contributed by atoms with Crippen LogP contribution in [0.25, 0.3) is 0 Å². The lowest BCUT2D eigenvalue weighted by Crippen LogP contribution is -2.46. The predicted molar refractivity (Wildman–Crippen MR) is 85.8 cm³/mol. The molecule has 6 heteroatoms. The van der Waals surface area contributed by atoms with Crippen LogP contribution in [0.1, 0.15) is 30.2 Å². The van der Waals surface area contributed by atoms with Crippen LogP contribution in [0.15, 0.2) is 28.8 Å². The van der Waals surface area contributed by atoms with E-state index in [-0.39, 0.29) is 6.04 Å². The maximum Gasteiger partial charge on any atom is 0.243 e. The molecule has 0 radical (unpaired) electrons. The van der Waals surface area contributed by atoms with Crippen molar-refractivity contribution in [2.45, 2.75) is 26.4 Å². The van der Waals surface area contributed by atoms with Crippen LogP contribution in [-0.2, 0) is 6.54 Å². The fourth-order valence-electron chi connectivity index (χ4n) is 2.80. The molecule has 0 bridgehead atoms. The van der Waals surface area contributed by atoms with Gasteiger partial charge in [-0.05, 0) is 31.5 Å². The first-order valence-corrected chi connectivity index (χ1v) is 8.00. The van der Waals surface area contributed by atoms with E-state index in [1.807, 2.05) is 19.1 Å². The third-order valence-electron chi connectivity index (χ3n) is 4.17. The first-order valence-electron chi connectivity index (χ1n) is 7.63. The van der Waals surface area contributed by atoms with Crippen molar-refractivity contribution in [1.82, 2.24) is 19.9 Å². The Labute approximate surface area is 135 Å². The number of aryl methyl sites for hydroxylation is 1. The van der Waals surface area contributed by atoms with Gasteiger partial charge in [0.2, 0.25) is 5.89 Å². The summed E-state index contributed by atoms with van der Waals surface area (Å²) in [6.45, 7) is 9.05. The number of rotatable bonds is 4. The third-order valence-corrected chi connectivity index (χ3v) is 4.43. The van der Waals surface area contributed by atoms with E-state index in [4.69, 9.17) is 16.1 Å². The Morgan fingerprint density at radius 3 is 2.45 bits per heavy atom. The van der Waals surface area contributed by atoms with Crippen LogP contribution < -0.4 is 0 Å². The lowest BCUT2D eigenvalue weighted by Gasteiger charge is -2.36. The van der Waals surface area contributed by atoms with Crippen molar-refractivity contribution in [1.29, 1.82) is 0 Å². The smallest absolute Gasteiger partial charge is 0.243 e. The second-order valence-corrected chi connectivity index (χ2v) is 6.23. The van der Waals surface area contributed by atoms with E-state index in [9.17, 15) is 0 Å². The molecule has 0 aliphatic carbocycles. The molecule has 0 N–H and O–H groups in total. The zero-order chi connectivity index (χ0) is 15.5. The van der Waals surface area contributed by atoms with E-state index in [0.717, 1.165) is 37.7 Å². The van der Waals surface area contributed by atoms with Crippen LogP contribution >= 0.6 is 11.6 Å². The maximum absolute atomic E-state index is 5.93. The topological polar surface area (TPSA) is 45.4 Å². The molecule has 1 fully saturated rings. The van der Waals surface area contributed by atoms with Crippen LogP contribution in [0.4, 0.5) is 0 Å². The largest absolute Gasteiger partial charge is 0.338 e. The highest BCUT2D eigenvalue weighted by atomic mass is 35.5. The maximum atomic E-state index is 5.93. The van der Waals surface area contributed by atoms with Crippen LogP contribution in [0.3, 0.4) is 0 Å². The van der Waals surface area contributed by atoms with Gasteiger partial charge in [0, 0.05) is 37.7 Å². The number of halogens is 1. The van der Waals surface area contributed by atoms with Gasteiger partial charge in [-0.25, -0.2) is 0 Å². The number of hydrogen-bond acceptors (Lipinski definition) is 5. The normalized spacial score (nSPS) is 18.5.